The van der Waals surface area contributed by atoms with Gasteiger partial charge in [-0.3, -0.25) is 4.68 Å². The summed E-state index contributed by atoms with van der Waals surface area (Å²) >= 11 is 0. The Kier molecular flexibility index (Phi) is 3.72. The Hall–Kier alpha value is -1.34. The minimum Gasteiger partial charge on any atom is -0.387 e. The highest BCUT2D eigenvalue weighted by atomic mass is 16.3. The molecule has 0 aromatic carbocycles. The van der Waals surface area contributed by atoms with Crippen LogP contribution in [0.25, 0.3) is 0 Å². The van der Waals surface area contributed by atoms with Gasteiger partial charge in [0.05, 0.1) is 17.2 Å². The summed E-state index contributed by atoms with van der Waals surface area (Å²) in [5.74, 6) is 0. The highest BCUT2D eigenvalue weighted by Gasteiger charge is 2.41. The van der Waals surface area contributed by atoms with Gasteiger partial charge in [-0.25, -0.2) is 0 Å². The van der Waals surface area contributed by atoms with Gasteiger partial charge in [0.25, 0.3) is 0 Å². The zero-order valence-corrected chi connectivity index (χ0v) is 11.2. The third kappa shape index (κ3) is 2.15. The molecule has 4 heteroatoms. The number of rotatable bonds is 3. The molecule has 0 spiro atoms. The predicted octanol–water partition coefficient (Wildman–Crippen LogP) is 2.49. The van der Waals surface area contributed by atoms with Crippen LogP contribution in [0.1, 0.15) is 56.4 Å². The van der Waals surface area contributed by atoms with Gasteiger partial charge in [0.1, 0.15) is 6.10 Å². The maximum Gasteiger partial charge on any atom is 0.101 e. The first kappa shape index (κ1) is 13.1. The Morgan fingerprint density at radius 2 is 2.17 bits per heavy atom. The molecule has 1 fully saturated rings. The molecule has 0 amide bonds. The van der Waals surface area contributed by atoms with Crippen LogP contribution in [-0.2, 0) is 13.5 Å². The first-order valence-corrected chi connectivity index (χ1v) is 6.74. The molecular formula is C14H21N3O. The fourth-order valence-corrected chi connectivity index (χ4v) is 2.98. The fourth-order valence-electron chi connectivity index (χ4n) is 2.98. The molecule has 1 saturated carbocycles. The van der Waals surface area contributed by atoms with Crippen molar-refractivity contribution in [3.63, 3.8) is 0 Å². The summed E-state index contributed by atoms with van der Waals surface area (Å²) in [7, 11) is 1.86. The van der Waals surface area contributed by atoms with Gasteiger partial charge in [0.2, 0.25) is 0 Å². The van der Waals surface area contributed by atoms with E-state index in [2.05, 4.69) is 11.2 Å². The van der Waals surface area contributed by atoms with E-state index in [1.54, 1.807) is 4.68 Å². The standard InChI is InChI=1S/C14H21N3O/c1-3-12-11(9-17(2)16-12)13(18)14(10-15)7-5-4-6-8-14/h9,13,18H,3-8H2,1-2H3. The molecule has 4 nitrogen and oxygen atoms in total. The van der Waals surface area contributed by atoms with Crippen molar-refractivity contribution in [2.75, 3.05) is 0 Å². The number of aliphatic hydroxyl groups is 1. The number of nitriles is 1. The summed E-state index contributed by atoms with van der Waals surface area (Å²) in [6.07, 6.45) is 6.77. The molecule has 0 bridgehead atoms. The first-order chi connectivity index (χ1) is 8.63. The lowest BCUT2D eigenvalue weighted by Crippen LogP contribution is -2.30. The lowest BCUT2D eigenvalue weighted by Gasteiger charge is -2.34. The second-order valence-electron chi connectivity index (χ2n) is 5.29. The van der Waals surface area contributed by atoms with Gasteiger partial charge in [-0.05, 0) is 19.3 Å². The Labute approximate surface area is 108 Å². The van der Waals surface area contributed by atoms with Crippen molar-refractivity contribution in [1.29, 1.82) is 5.26 Å². The fraction of sp³-hybridized carbons (Fsp3) is 0.714. The summed E-state index contributed by atoms with van der Waals surface area (Å²) in [4.78, 5) is 0. The van der Waals surface area contributed by atoms with Gasteiger partial charge in [0, 0.05) is 18.8 Å². The molecule has 0 saturated heterocycles. The van der Waals surface area contributed by atoms with Gasteiger partial charge in [0.15, 0.2) is 0 Å². The zero-order chi connectivity index (χ0) is 13.2. The molecule has 1 N–H and O–H groups in total. The number of aliphatic hydroxyl groups excluding tert-OH is 1. The van der Waals surface area contributed by atoms with Crippen molar-refractivity contribution in [1.82, 2.24) is 9.78 Å². The van der Waals surface area contributed by atoms with Crippen LogP contribution in [0.5, 0.6) is 0 Å². The van der Waals surface area contributed by atoms with Crippen LogP contribution >= 0.6 is 0 Å². The molecule has 1 aliphatic rings. The largest absolute Gasteiger partial charge is 0.387 e. The van der Waals surface area contributed by atoms with Crippen LogP contribution in [0.4, 0.5) is 0 Å². The molecule has 1 aromatic heterocycles. The minimum absolute atomic E-state index is 0.606. The Balaban J connectivity index is 2.33. The molecular weight excluding hydrogens is 226 g/mol. The quantitative estimate of drug-likeness (QED) is 0.892. The number of hydrogen-bond donors (Lipinski definition) is 1. The molecule has 1 heterocycles. The first-order valence-electron chi connectivity index (χ1n) is 6.74. The molecule has 0 aliphatic heterocycles. The van der Waals surface area contributed by atoms with Crippen molar-refractivity contribution in [2.24, 2.45) is 12.5 Å². The van der Waals surface area contributed by atoms with E-state index in [4.69, 9.17) is 0 Å². The number of nitrogens with zero attached hydrogens (tertiary/aromatic N) is 3. The van der Waals surface area contributed by atoms with Crippen LogP contribution in [0, 0.1) is 16.7 Å². The van der Waals surface area contributed by atoms with Crippen LogP contribution in [0.2, 0.25) is 0 Å². The van der Waals surface area contributed by atoms with Gasteiger partial charge in [-0.2, -0.15) is 10.4 Å². The van der Waals surface area contributed by atoms with E-state index in [-0.39, 0.29) is 0 Å². The third-order valence-electron chi connectivity index (χ3n) is 4.06. The summed E-state index contributed by atoms with van der Waals surface area (Å²) in [5.41, 5.74) is 1.14. The van der Waals surface area contributed by atoms with Crippen LogP contribution in [-0.4, -0.2) is 14.9 Å². The smallest absolute Gasteiger partial charge is 0.101 e. The molecule has 1 atom stereocenters. The van der Waals surface area contributed by atoms with Crippen molar-refractivity contribution in [3.8, 4) is 6.07 Å². The Morgan fingerprint density at radius 1 is 1.50 bits per heavy atom. The van der Waals surface area contributed by atoms with Crippen molar-refractivity contribution < 1.29 is 5.11 Å². The van der Waals surface area contributed by atoms with Crippen molar-refractivity contribution in [3.05, 3.63) is 17.5 Å². The van der Waals surface area contributed by atoms with Crippen LogP contribution in [0.3, 0.4) is 0 Å². The lowest BCUT2D eigenvalue weighted by atomic mass is 9.69. The van der Waals surface area contributed by atoms with Crippen molar-refractivity contribution >= 4 is 0 Å². The van der Waals surface area contributed by atoms with Crippen LogP contribution in [0.15, 0.2) is 6.20 Å². The topological polar surface area (TPSA) is 61.8 Å². The van der Waals surface area contributed by atoms with E-state index in [0.29, 0.717) is 0 Å². The molecule has 2 rings (SSSR count). The van der Waals surface area contributed by atoms with Gasteiger partial charge >= 0.3 is 0 Å². The number of aryl methyl sites for hydroxylation is 2. The minimum atomic E-state index is -0.702. The average Bonchev–Trinajstić information content (AvgIpc) is 2.79. The summed E-state index contributed by atoms with van der Waals surface area (Å²) in [6, 6.07) is 2.39. The van der Waals surface area contributed by atoms with Crippen molar-refractivity contribution in [2.45, 2.75) is 51.6 Å². The third-order valence-corrected chi connectivity index (χ3v) is 4.06. The maximum atomic E-state index is 10.6. The van der Waals surface area contributed by atoms with E-state index in [0.717, 1.165) is 43.4 Å². The summed E-state index contributed by atoms with van der Waals surface area (Å²) in [5, 5.41) is 24.5. The monoisotopic (exact) mass is 247 g/mol. The number of aromatic nitrogens is 2. The molecule has 1 aromatic rings. The van der Waals surface area contributed by atoms with Crippen LogP contribution < -0.4 is 0 Å². The van der Waals surface area contributed by atoms with Gasteiger partial charge in [-0.15, -0.1) is 0 Å². The zero-order valence-electron chi connectivity index (χ0n) is 11.2. The van der Waals surface area contributed by atoms with Gasteiger partial charge in [-0.1, -0.05) is 26.2 Å². The normalized spacial score (nSPS) is 20.3. The Morgan fingerprint density at radius 3 is 2.72 bits per heavy atom. The van der Waals surface area contributed by atoms with E-state index >= 15 is 0 Å². The van der Waals surface area contributed by atoms with E-state index in [1.807, 2.05) is 20.2 Å². The highest BCUT2D eigenvalue weighted by molar-refractivity contribution is 5.25. The average molecular weight is 247 g/mol. The second-order valence-corrected chi connectivity index (χ2v) is 5.29. The Bertz CT molecular complexity index is 452. The lowest BCUT2D eigenvalue weighted by molar-refractivity contribution is 0.0353. The maximum absolute atomic E-state index is 10.6. The molecule has 1 aliphatic carbocycles. The molecule has 0 radical (unpaired) electrons. The van der Waals surface area contributed by atoms with Gasteiger partial charge < -0.3 is 5.11 Å². The molecule has 1 unspecified atom stereocenters. The predicted molar refractivity (Wildman–Crippen MR) is 68.7 cm³/mol. The summed E-state index contributed by atoms with van der Waals surface area (Å²) < 4.78 is 1.73. The SMILES string of the molecule is CCc1nn(C)cc1C(O)C1(C#N)CCCCC1. The molecule has 18 heavy (non-hydrogen) atoms. The van der Waals surface area contributed by atoms with E-state index in [1.165, 1.54) is 6.42 Å². The number of hydrogen-bond acceptors (Lipinski definition) is 3. The van der Waals surface area contributed by atoms with E-state index in [9.17, 15) is 10.4 Å². The molecule has 98 valence electrons. The second kappa shape index (κ2) is 5.11. The highest BCUT2D eigenvalue weighted by Crippen LogP contribution is 2.46. The van der Waals surface area contributed by atoms with E-state index < -0.39 is 11.5 Å². The summed E-state index contributed by atoms with van der Waals surface area (Å²) in [6.45, 7) is 2.03.